The first kappa shape index (κ1) is 11.1. The van der Waals surface area contributed by atoms with E-state index in [1.165, 1.54) is 0 Å². The standard InChI is InChI=1S/C12H9N7/c13-5-9-1-3-10(4-2-9)6-15-11-7-14-8-12-16-17-18-19(11)12/h1-4,7-8,15H,6H2. The van der Waals surface area contributed by atoms with E-state index in [1.54, 1.807) is 29.0 Å². The molecule has 3 rings (SSSR count). The maximum absolute atomic E-state index is 8.73. The van der Waals surface area contributed by atoms with E-state index in [-0.39, 0.29) is 0 Å². The normalized spacial score (nSPS) is 10.3. The van der Waals surface area contributed by atoms with E-state index in [4.69, 9.17) is 5.26 Å². The molecule has 0 radical (unpaired) electrons. The van der Waals surface area contributed by atoms with Crippen LogP contribution in [0.5, 0.6) is 0 Å². The summed E-state index contributed by atoms with van der Waals surface area (Å²) in [7, 11) is 0. The number of anilines is 1. The van der Waals surface area contributed by atoms with E-state index in [2.05, 4.69) is 31.9 Å². The highest BCUT2D eigenvalue weighted by atomic mass is 15.5. The fraction of sp³-hybridized carbons (Fsp3) is 0.0833. The molecule has 1 N–H and O–H groups in total. The van der Waals surface area contributed by atoms with Crippen molar-refractivity contribution in [2.24, 2.45) is 0 Å². The van der Waals surface area contributed by atoms with E-state index < -0.39 is 0 Å². The molecular formula is C12H9N7. The van der Waals surface area contributed by atoms with Crippen LogP contribution in [0, 0.1) is 11.3 Å². The largest absolute Gasteiger partial charge is 0.365 e. The smallest absolute Gasteiger partial charge is 0.199 e. The van der Waals surface area contributed by atoms with Crippen molar-refractivity contribution >= 4 is 11.5 Å². The Morgan fingerprint density at radius 3 is 2.84 bits per heavy atom. The maximum Gasteiger partial charge on any atom is 0.199 e. The molecule has 0 aliphatic heterocycles. The van der Waals surface area contributed by atoms with Gasteiger partial charge < -0.3 is 5.32 Å². The topological polar surface area (TPSA) is 91.8 Å². The van der Waals surface area contributed by atoms with Crippen molar-refractivity contribution in [3.05, 3.63) is 47.8 Å². The van der Waals surface area contributed by atoms with E-state index in [1.807, 2.05) is 12.1 Å². The van der Waals surface area contributed by atoms with Gasteiger partial charge in [-0.3, -0.25) is 4.98 Å². The summed E-state index contributed by atoms with van der Waals surface area (Å²) in [4.78, 5) is 4.06. The summed E-state index contributed by atoms with van der Waals surface area (Å²) in [6.07, 6.45) is 3.25. The van der Waals surface area contributed by atoms with Crippen LogP contribution in [-0.4, -0.2) is 25.0 Å². The Labute approximate surface area is 108 Å². The number of nitriles is 1. The van der Waals surface area contributed by atoms with Gasteiger partial charge in [0.1, 0.15) is 0 Å². The monoisotopic (exact) mass is 251 g/mol. The maximum atomic E-state index is 8.73. The van der Waals surface area contributed by atoms with Crippen LogP contribution in [0.1, 0.15) is 11.1 Å². The van der Waals surface area contributed by atoms with Crippen LogP contribution < -0.4 is 5.32 Å². The quantitative estimate of drug-likeness (QED) is 0.746. The third-order valence-corrected chi connectivity index (χ3v) is 2.67. The van der Waals surface area contributed by atoms with Crippen molar-refractivity contribution in [3.63, 3.8) is 0 Å². The van der Waals surface area contributed by atoms with Crippen molar-refractivity contribution in [3.8, 4) is 6.07 Å². The second-order valence-electron chi connectivity index (χ2n) is 3.90. The number of hydrogen-bond donors (Lipinski definition) is 1. The van der Waals surface area contributed by atoms with Gasteiger partial charge in [-0.05, 0) is 28.1 Å². The lowest BCUT2D eigenvalue weighted by molar-refractivity contribution is 0.819. The number of aromatic nitrogens is 5. The van der Waals surface area contributed by atoms with Gasteiger partial charge in [-0.1, -0.05) is 12.1 Å². The fourth-order valence-electron chi connectivity index (χ4n) is 1.69. The highest BCUT2D eigenvalue weighted by molar-refractivity contribution is 5.44. The predicted molar refractivity (Wildman–Crippen MR) is 67.1 cm³/mol. The minimum absolute atomic E-state index is 0.588. The summed E-state index contributed by atoms with van der Waals surface area (Å²) >= 11 is 0. The van der Waals surface area contributed by atoms with Crippen LogP contribution in [0.4, 0.5) is 5.82 Å². The summed E-state index contributed by atoms with van der Waals surface area (Å²) in [5.41, 5.74) is 2.29. The molecular weight excluding hydrogens is 242 g/mol. The minimum Gasteiger partial charge on any atom is -0.365 e. The molecule has 2 aromatic heterocycles. The number of fused-ring (bicyclic) bond motifs is 1. The van der Waals surface area contributed by atoms with Gasteiger partial charge in [0.05, 0.1) is 24.0 Å². The third-order valence-electron chi connectivity index (χ3n) is 2.67. The molecule has 1 aromatic carbocycles. The zero-order valence-electron chi connectivity index (χ0n) is 9.85. The molecule has 0 aliphatic rings. The summed E-state index contributed by atoms with van der Waals surface area (Å²) < 4.78 is 1.58. The molecule has 0 saturated carbocycles. The average molecular weight is 251 g/mol. The van der Waals surface area contributed by atoms with E-state index in [0.29, 0.717) is 23.6 Å². The number of hydrogen-bond acceptors (Lipinski definition) is 6. The Morgan fingerprint density at radius 1 is 1.21 bits per heavy atom. The molecule has 7 heteroatoms. The van der Waals surface area contributed by atoms with Crippen molar-refractivity contribution in [2.45, 2.75) is 6.54 Å². The Hall–Kier alpha value is -3.01. The van der Waals surface area contributed by atoms with Crippen LogP contribution >= 0.6 is 0 Å². The Morgan fingerprint density at radius 2 is 2.05 bits per heavy atom. The molecule has 0 aliphatic carbocycles. The van der Waals surface area contributed by atoms with E-state index in [9.17, 15) is 0 Å². The molecule has 0 atom stereocenters. The molecule has 0 bridgehead atoms. The molecule has 0 fully saturated rings. The van der Waals surface area contributed by atoms with Crippen molar-refractivity contribution in [2.75, 3.05) is 5.32 Å². The molecule has 92 valence electrons. The lowest BCUT2D eigenvalue weighted by atomic mass is 10.1. The summed E-state index contributed by atoms with van der Waals surface area (Å²) in [6.45, 7) is 0.604. The Balaban J connectivity index is 1.78. The summed E-state index contributed by atoms with van der Waals surface area (Å²) in [5.74, 6) is 0.715. The van der Waals surface area contributed by atoms with Gasteiger partial charge in [0, 0.05) is 6.54 Å². The van der Waals surface area contributed by atoms with E-state index in [0.717, 1.165) is 5.56 Å². The first-order valence-corrected chi connectivity index (χ1v) is 5.62. The summed E-state index contributed by atoms with van der Waals surface area (Å²) in [6, 6.07) is 9.46. The lowest BCUT2D eigenvalue weighted by Crippen LogP contribution is -2.05. The second-order valence-corrected chi connectivity index (χ2v) is 3.90. The average Bonchev–Trinajstić information content (AvgIpc) is 2.94. The molecule has 7 nitrogen and oxygen atoms in total. The van der Waals surface area contributed by atoms with Gasteiger partial charge >= 0.3 is 0 Å². The van der Waals surface area contributed by atoms with Crippen LogP contribution in [0.2, 0.25) is 0 Å². The van der Waals surface area contributed by atoms with Crippen molar-refractivity contribution in [1.29, 1.82) is 5.26 Å². The Bertz CT molecular complexity index is 739. The van der Waals surface area contributed by atoms with Gasteiger partial charge in [-0.15, -0.1) is 5.10 Å². The Kier molecular flexibility index (Phi) is 2.74. The van der Waals surface area contributed by atoms with Gasteiger partial charge in [-0.25, -0.2) is 0 Å². The second kappa shape index (κ2) is 4.70. The van der Waals surface area contributed by atoms with Gasteiger partial charge in [-0.2, -0.15) is 9.78 Å². The van der Waals surface area contributed by atoms with Gasteiger partial charge in [0.15, 0.2) is 11.5 Å². The number of rotatable bonds is 3. The molecule has 0 unspecified atom stereocenters. The molecule has 3 aromatic rings. The SMILES string of the molecule is N#Cc1ccc(CNc2cncc3nnnn23)cc1. The molecule has 0 spiro atoms. The minimum atomic E-state index is 0.588. The van der Waals surface area contributed by atoms with Crippen LogP contribution in [0.25, 0.3) is 5.65 Å². The molecule has 19 heavy (non-hydrogen) atoms. The molecule has 0 saturated heterocycles. The first-order chi connectivity index (χ1) is 9.36. The number of nitrogens with one attached hydrogen (secondary N) is 1. The summed E-state index contributed by atoms with van der Waals surface area (Å²) in [5, 5.41) is 23.2. The number of benzene rings is 1. The number of tetrazole rings is 1. The highest BCUT2D eigenvalue weighted by Crippen LogP contribution is 2.09. The van der Waals surface area contributed by atoms with Gasteiger partial charge in [0.25, 0.3) is 0 Å². The zero-order valence-corrected chi connectivity index (χ0v) is 9.85. The molecule has 2 heterocycles. The van der Waals surface area contributed by atoms with Crippen molar-refractivity contribution in [1.82, 2.24) is 25.0 Å². The van der Waals surface area contributed by atoms with Crippen LogP contribution in [0.3, 0.4) is 0 Å². The van der Waals surface area contributed by atoms with Crippen LogP contribution in [0.15, 0.2) is 36.7 Å². The number of nitrogens with zero attached hydrogens (tertiary/aromatic N) is 6. The van der Waals surface area contributed by atoms with Crippen LogP contribution in [-0.2, 0) is 6.54 Å². The lowest BCUT2D eigenvalue weighted by Gasteiger charge is -2.06. The van der Waals surface area contributed by atoms with Crippen molar-refractivity contribution < 1.29 is 0 Å². The third kappa shape index (κ3) is 2.19. The first-order valence-electron chi connectivity index (χ1n) is 5.62. The van der Waals surface area contributed by atoms with Gasteiger partial charge in [0.2, 0.25) is 0 Å². The molecule has 0 amide bonds. The van der Waals surface area contributed by atoms with E-state index >= 15 is 0 Å². The predicted octanol–water partition coefficient (Wildman–Crippen LogP) is 1.00. The zero-order chi connectivity index (χ0) is 13.1. The highest BCUT2D eigenvalue weighted by Gasteiger charge is 2.03. The fourth-order valence-corrected chi connectivity index (χ4v) is 1.69.